The fraction of sp³-hybridized carbons (Fsp3) is 1.00. The summed E-state index contributed by atoms with van der Waals surface area (Å²) in [6.45, 7) is 4.64. The molecule has 0 N–H and O–H groups in total. The highest BCUT2D eigenvalue weighted by Gasteiger charge is 2.72. The lowest BCUT2D eigenvalue weighted by molar-refractivity contribution is -0.115. The molecule has 0 aromatic rings. The number of alkyl halides is 2. The van der Waals surface area contributed by atoms with Crippen molar-refractivity contribution >= 4 is 23.2 Å². The Morgan fingerprint density at radius 1 is 0.810 bits per heavy atom. The highest BCUT2D eigenvalue weighted by Crippen LogP contribution is 2.76. The van der Waals surface area contributed by atoms with Gasteiger partial charge < -0.3 is 0 Å². The average molecular weight is 331 g/mol. The molecule has 3 aliphatic carbocycles. The summed E-state index contributed by atoms with van der Waals surface area (Å²) in [5, 5.41) is 0. The summed E-state index contributed by atoms with van der Waals surface area (Å²) in [4.78, 5) is 0. The van der Waals surface area contributed by atoms with Crippen LogP contribution in [0.2, 0.25) is 0 Å². The van der Waals surface area contributed by atoms with Crippen molar-refractivity contribution in [3.8, 4) is 0 Å². The Labute approximate surface area is 141 Å². The first-order chi connectivity index (χ1) is 9.99. The van der Waals surface area contributed by atoms with Crippen molar-refractivity contribution < 1.29 is 0 Å². The lowest BCUT2D eigenvalue weighted by Crippen LogP contribution is -2.66. The van der Waals surface area contributed by atoms with Crippen LogP contribution in [0.3, 0.4) is 0 Å². The monoisotopic (exact) mass is 330 g/mol. The van der Waals surface area contributed by atoms with Crippen LogP contribution in [0.15, 0.2) is 0 Å². The van der Waals surface area contributed by atoms with E-state index < -0.39 is 4.33 Å². The second-order valence-electron chi connectivity index (χ2n) is 8.40. The van der Waals surface area contributed by atoms with E-state index in [-0.39, 0.29) is 10.8 Å². The van der Waals surface area contributed by atoms with Gasteiger partial charge in [-0.2, -0.15) is 0 Å². The summed E-state index contributed by atoms with van der Waals surface area (Å²) < 4.78 is -0.435. The zero-order chi connectivity index (χ0) is 15.1. The quantitative estimate of drug-likeness (QED) is 0.483. The number of rotatable bonds is 3. The van der Waals surface area contributed by atoms with Gasteiger partial charge in [0.25, 0.3) is 0 Å². The predicted molar refractivity (Wildman–Crippen MR) is 93.0 cm³/mol. The molecule has 0 aromatic heterocycles. The maximum absolute atomic E-state index is 7.06. The van der Waals surface area contributed by atoms with Crippen LogP contribution in [0, 0.1) is 22.7 Å². The third kappa shape index (κ3) is 2.47. The third-order valence-corrected chi connectivity index (χ3v) is 9.01. The summed E-state index contributed by atoms with van der Waals surface area (Å²) in [6.07, 6.45) is 15.9. The zero-order valence-corrected chi connectivity index (χ0v) is 15.4. The summed E-state index contributed by atoms with van der Waals surface area (Å²) in [5.41, 5.74) is 0.527. The minimum Gasteiger partial charge on any atom is -0.100 e. The van der Waals surface area contributed by atoms with Crippen molar-refractivity contribution in [2.45, 2.75) is 95.2 Å². The molecule has 3 rings (SSSR count). The fourth-order valence-electron chi connectivity index (χ4n) is 5.87. The molecule has 0 bridgehead atoms. The molecule has 0 radical (unpaired) electrons. The van der Waals surface area contributed by atoms with Gasteiger partial charge in [0.1, 0.15) is 4.33 Å². The van der Waals surface area contributed by atoms with Gasteiger partial charge in [0, 0.05) is 10.8 Å². The first kappa shape index (κ1) is 16.4. The van der Waals surface area contributed by atoms with Crippen LogP contribution < -0.4 is 0 Å². The molecule has 0 saturated heterocycles. The second kappa shape index (κ2) is 5.90. The van der Waals surface area contributed by atoms with Gasteiger partial charge in [-0.3, -0.25) is 0 Å². The van der Waals surface area contributed by atoms with Gasteiger partial charge in [-0.05, 0) is 69.6 Å². The molecule has 0 nitrogen and oxygen atoms in total. The molecule has 3 saturated carbocycles. The predicted octanol–water partition coefficient (Wildman–Crippen LogP) is 7.13. The van der Waals surface area contributed by atoms with E-state index in [4.69, 9.17) is 23.2 Å². The molecule has 2 heteroatoms. The summed E-state index contributed by atoms with van der Waals surface area (Å²) in [7, 11) is 0. The number of halogens is 2. The Balaban J connectivity index is 1.64. The first-order valence-electron chi connectivity index (χ1n) is 9.36. The second-order valence-corrected chi connectivity index (χ2v) is 9.72. The van der Waals surface area contributed by atoms with E-state index in [0.717, 1.165) is 11.8 Å². The smallest absolute Gasteiger partial charge is 0.100 e. The minimum atomic E-state index is -0.435. The van der Waals surface area contributed by atoms with Crippen molar-refractivity contribution in [1.82, 2.24) is 0 Å². The summed E-state index contributed by atoms with van der Waals surface area (Å²) in [6, 6.07) is 0. The Hall–Kier alpha value is 0.580. The average Bonchev–Trinajstić information content (AvgIpc) is 2.50. The molecule has 0 atom stereocenters. The first-order valence-corrected chi connectivity index (χ1v) is 10.1. The van der Waals surface area contributed by atoms with Crippen LogP contribution >= 0.6 is 23.2 Å². The van der Waals surface area contributed by atoms with Crippen molar-refractivity contribution in [2.24, 2.45) is 22.7 Å². The van der Waals surface area contributed by atoms with Crippen molar-refractivity contribution in [3.05, 3.63) is 0 Å². The third-order valence-electron chi connectivity index (χ3n) is 7.41. The summed E-state index contributed by atoms with van der Waals surface area (Å²) >= 11 is 14.1. The van der Waals surface area contributed by atoms with Crippen LogP contribution in [-0.4, -0.2) is 4.33 Å². The van der Waals surface area contributed by atoms with E-state index in [9.17, 15) is 0 Å². The molecule has 3 aliphatic rings. The van der Waals surface area contributed by atoms with Crippen LogP contribution in [0.4, 0.5) is 0 Å². The lowest BCUT2D eigenvalue weighted by Gasteiger charge is -2.69. The molecule has 0 aliphatic heterocycles. The van der Waals surface area contributed by atoms with Gasteiger partial charge >= 0.3 is 0 Å². The van der Waals surface area contributed by atoms with E-state index in [1.165, 1.54) is 77.0 Å². The van der Waals surface area contributed by atoms with Crippen LogP contribution in [0.1, 0.15) is 90.9 Å². The maximum atomic E-state index is 7.06. The molecule has 0 heterocycles. The summed E-state index contributed by atoms with van der Waals surface area (Å²) in [5.74, 6) is 1.87. The van der Waals surface area contributed by atoms with Gasteiger partial charge in [-0.15, -0.1) is 23.2 Å². The van der Waals surface area contributed by atoms with Crippen LogP contribution in [0.5, 0.6) is 0 Å². The topological polar surface area (TPSA) is 0 Å². The Morgan fingerprint density at radius 2 is 1.29 bits per heavy atom. The van der Waals surface area contributed by atoms with Gasteiger partial charge in [-0.1, -0.05) is 33.1 Å². The van der Waals surface area contributed by atoms with Crippen molar-refractivity contribution in [2.75, 3.05) is 0 Å². The van der Waals surface area contributed by atoms with E-state index >= 15 is 0 Å². The normalized spacial score (nSPS) is 45.7. The molecule has 0 amide bonds. The van der Waals surface area contributed by atoms with E-state index in [0.29, 0.717) is 0 Å². The van der Waals surface area contributed by atoms with Gasteiger partial charge in [0.05, 0.1) is 0 Å². The maximum Gasteiger partial charge on any atom is 0.129 e. The largest absolute Gasteiger partial charge is 0.129 e. The van der Waals surface area contributed by atoms with E-state index in [2.05, 4.69) is 13.8 Å². The fourth-order valence-corrected chi connectivity index (χ4v) is 6.90. The number of hydrogen-bond donors (Lipinski definition) is 0. The standard InChI is InChI=1S/C19H32Cl2/c1-3-5-16-8-12-18(13-9-16)14-17(19(18,20)21)10-6-15(4-2)7-11-17/h15-16H,3-14H2,1-2H3. The SMILES string of the molecule is CCCC1CCC2(CC1)CC1(CCC(CC)CC1)C2(Cl)Cl. The molecule has 3 fully saturated rings. The zero-order valence-electron chi connectivity index (χ0n) is 13.9. The minimum absolute atomic E-state index is 0.263. The van der Waals surface area contributed by atoms with Crippen LogP contribution in [0.25, 0.3) is 0 Å². The van der Waals surface area contributed by atoms with Crippen LogP contribution in [-0.2, 0) is 0 Å². The molecule has 122 valence electrons. The Morgan fingerprint density at radius 3 is 1.67 bits per heavy atom. The van der Waals surface area contributed by atoms with Gasteiger partial charge in [0.15, 0.2) is 0 Å². The Bertz CT molecular complexity index is 358. The lowest BCUT2D eigenvalue weighted by atomic mass is 9.43. The van der Waals surface area contributed by atoms with E-state index in [1.807, 2.05) is 0 Å². The van der Waals surface area contributed by atoms with Crippen molar-refractivity contribution in [3.63, 3.8) is 0 Å². The number of hydrogen-bond acceptors (Lipinski definition) is 0. The van der Waals surface area contributed by atoms with Gasteiger partial charge in [0.2, 0.25) is 0 Å². The highest BCUT2D eigenvalue weighted by molar-refractivity contribution is 6.50. The molecular weight excluding hydrogens is 299 g/mol. The molecule has 0 aromatic carbocycles. The van der Waals surface area contributed by atoms with E-state index in [1.54, 1.807) is 0 Å². The molecule has 2 spiro atoms. The molecular formula is C19H32Cl2. The molecule has 21 heavy (non-hydrogen) atoms. The molecule has 0 unspecified atom stereocenters. The van der Waals surface area contributed by atoms with Crippen molar-refractivity contribution in [1.29, 1.82) is 0 Å². The Kier molecular flexibility index (Phi) is 4.62. The van der Waals surface area contributed by atoms with Gasteiger partial charge in [-0.25, -0.2) is 0 Å². The highest BCUT2D eigenvalue weighted by atomic mass is 35.5.